The zero-order valence-corrected chi connectivity index (χ0v) is 23.6. The van der Waals surface area contributed by atoms with Crippen LogP contribution in [0.4, 0.5) is 8.78 Å². The first-order valence-electron chi connectivity index (χ1n) is 13.9. The molecule has 2 bridgehead atoms. The first-order valence-corrected chi connectivity index (χ1v) is 15.0. The number of hydrogen-bond acceptors (Lipinski definition) is 6. The minimum atomic E-state index is -2.59. The van der Waals surface area contributed by atoms with Gasteiger partial charge in [0, 0.05) is 54.3 Å². The Kier molecular flexibility index (Phi) is 8.28. The van der Waals surface area contributed by atoms with Crippen molar-refractivity contribution in [3.63, 3.8) is 0 Å². The number of rotatable bonds is 9. The van der Waals surface area contributed by atoms with Gasteiger partial charge in [-0.3, -0.25) is 10.2 Å². The molecule has 0 amide bonds. The van der Waals surface area contributed by atoms with Crippen molar-refractivity contribution in [2.24, 2.45) is 5.92 Å². The van der Waals surface area contributed by atoms with Gasteiger partial charge in [-0.1, -0.05) is 25.4 Å². The Labute approximate surface area is 227 Å². The maximum atomic E-state index is 13.6. The van der Waals surface area contributed by atoms with Crippen LogP contribution in [0.5, 0.6) is 0 Å². The molecule has 1 saturated carbocycles. The maximum absolute atomic E-state index is 13.6. The van der Waals surface area contributed by atoms with Crippen LogP contribution in [0.2, 0.25) is 4.34 Å². The number of thiophene rings is 1. The zero-order valence-electron chi connectivity index (χ0n) is 22.0. The highest BCUT2D eigenvalue weighted by Gasteiger charge is 2.43. The summed E-state index contributed by atoms with van der Waals surface area (Å²) in [6.45, 7) is 7.36. The van der Waals surface area contributed by atoms with Crippen molar-refractivity contribution < 1.29 is 13.9 Å². The smallest absolute Gasteiger partial charge is 0.248 e. The molecular formula is C27H40ClF2N5OS. The third-order valence-electron chi connectivity index (χ3n) is 8.83. The van der Waals surface area contributed by atoms with Gasteiger partial charge in [0.15, 0.2) is 0 Å². The van der Waals surface area contributed by atoms with E-state index in [1.165, 1.54) is 24.2 Å². The van der Waals surface area contributed by atoms with Gasteiger partial charge in [-0.2, -0.15) is 0 Å². The number of fused-ring (bicyclic) bond motifs is 2. The molecule has 2 aromatic heterocycles. The molecule has 2 saturated heterocycles. The fraction of sp³-hybridized carbons (Fsp3) is 0.778. The third-order valence-corrected chi connectivity index (χ3v) is 10.2. The van der Waals surface area contributed by atoms with Gasteiger partial charge < -0.3 is 9.67 Å². The summed E-state index contributed by atoms with van der Waals surface area (Å²) in [4.78, 5) is 3.76. The number of alkyl halides is 2. The number of nitrogens with zero attached hydrogens (tertiary/aromatic N) is 4. The molecule has 4 heterocycles. The molecule has 10 heteroatoms. The maximum Gasteiger partial charge on any atom is 0.248 e. The second kappa shape index (κ2) is 11.2. The number of aliphatic hydroxyl groups excluding tert-OH is 1. The van der Waals surface area contributed by atoms with Gasteiger partial charge >= 0.3 is 0 Å². The van der Waals surface area contributed by atoms with Crippen LogP contribution in [0.3, 0.4) is 0 Å². The molecule has 0 radical (unpaired) electrons. The van der Waals surface area contributed by atoms with Crippen molar-refractivity contribution in [3.05, 3.63) is 33.0 Å². The molecule has 3 fully saturated rings. The van der Waals surface area contributed by atoms with Crippen molar-refractivity contribution in [2.75, 3.05) is 6.54 Å². The molecule has 5 rings (SSSR count). The van der Waals surface area contributed by atoms with Gasteiger partial charge in [-0.05, 0) is 69.9 Å². The van der Waals surface area contributed by atoms with Crippen LogP contribution in [-0.2, 0) is 0 Å². The number of aromatic nitrogens is 3. The van der Waals surface area contributed by atoms with E-state index in [1.807, 2.05) is 12.1 Å². The van der Waals surface area contributed by atoms with Crippen molar-refractivity contribution in [1.82, 2.24) is 25.0 Å². The van der Waals surface area contributed by atoms with Gasteiger partial charge in [0.1, 0.15) is 17.9 Å². The first-order chi connectivity index (χ1) is 17.6. The van der Waals surface area contributed by atoms with E-state index < -0.39 is 12.2 Å². The molecule has 6 nitrogen and oxygen atoms in total. The van der Waals surface area contributed by atoms with Crippen LogP contribution < -0.4 is 5.32 Å². The Morgan fingerprint density at radius 1 is 1.11 bits per heavy atom. The van der Waals surface area contributed by atoms with Gasteiger partial charge in [0.2, 0.25) is 5.92 Å². The molecule has 2 aliphatic heterocycles. The highest BCUT2D eigenvalue weighted by atomic mass is 35.5. The molecule has 2 N–H and O–H groups in total. The SMILES string of the molecule is Cc1nnc(C(C)C)n1C1CC2CCC(C1)N2CC[C@H](NC(O)C1CCC(F)(F)CC1)c1ccc(Cl)s1. The summed E-state index contributed by atoms with van der Waals surface area (Å²) in [5, 5.41) is 23.2. The van der Waals surface area contributed by atoms with Gasteiger partial charge in [-0.15, -0.1) is 21.5 Å². The molecule has 3 unspecified atom stereocenters. The van der Waals surface area contributed by atoms with E-state index in [0.717, 1.165) is 46.7 Å². The molecule has 4 atom stereocenters. The predicted molar refractivity (Wildman–Crippen MR) is 143 cm³/mol. The topological polar surface area (TPSA) is 66.2 Å². The monoisotopic (exact) mass is 555 g/mol. The molecular weight excluding hydrogens is 516 g/mol. The lowest BCUT2D eigenvalue weighted by Crippen LogP contribution is -2.46. The molecule has 1 aliphatic carbocycles. The quantitative estimate of drug-likeness (QED) is 0.348. The van der Waals surface area contributed by atoms with Crippen LogP contribution in [0.15, 0.2) is 12.1 Å². The molecule has 0 spiro atoms. The average molecular weight is 556 g/mol. The van der Waals surface area contributed by atoms with Crippen LogP contribution >= 0.6 is 22.9 Å². The predicted octanol–water partition coefficient (Wildman–Crippen LogP) is 6.46. The van der Waals surface area contributed by atoms with Crippen LogP contribution in [0.1, 0.15) is 106 Å². The number of nitrogens with one attached hydrogen (secondary N) is 1. The van der Waals surface area contributed by atoms with Crippen molar-refractivity contribution in [2.45, 2.75) is 121 Å². The van der Waals surface area contributed by atoms with E-state index in [1.54, 1.807) is 0 Å². The summed E-state index contributed by atoms with van der Waals surface area (Å²) in [6, 6.07) is 5.37. The van der Waals surface area contributed by atoms with Crippen molar-refractivity contribution >= 4 is 22.9 Å². The number of piperidine rings is 1. The summed E-state index contributed by atoms with van der Waals surface area (Å²) >= 11 is 7.79. The third kappa shape index (κ3) is 6.06. The number of aryl methyl sites for hydroxylation is 1. The summed E-state index contributed by atoms with van der Waals surface area (Å²) in [7, 11) is 0. The molecule has 2 aromatic rings. The van der Waals surface area contributed by atoms with E-state index in [2.05, 4.69) is 45.8 Å². The molecule has 0 aromatic carbocycles. The lowest BCUT2D eigenvalue weighted by Gasteiger charge is -2.41. The Bertz CT molecular complexity index is 1040. The van der Waals surface area contributed by atoms with Gasteiger partial charge in [0.05, 0.1) is 4.34 Å². The Hall–Kier alpha value is -1.13. The highest BCUT2D eigenvalue weighted by Crippen LogP contribution is 2.43. The standard InChI is InChI=1S/C27H40ClF2N5OS/c1-16(2)25-33-32-17(3)35(25)21-14-19-4-5-20(15-21)34(19)13-10-22(23-6-7-24(28)37-23)31-26(36)18-8-11-27(29,30)12-9-18/h6-7,16,18-22,26,31,36H,4-5,8-15H2,1-3H3/t19?,20?,21?,22-,26?/m0/s1. The summed E-state index contributed by atoms with van der Waals surface area (Å²) < 4.78 is 30.4. The molecule has 3 aliphatic rings. The van der Waals surface area contributed by atoms with Gasteiger partial charge in [-0.25, -0.2) is 8.78 Å². The zero-order chi connectivity index (χ0) is 26.3. The normalized spacial score (nSPS) is 28.2. The number of aliphatic hydroxyl groups is 1. The van der Waals surface area contributed by atoms with E-state index in [9.17, 15) is 13.9 Å². The Morgan fingerprint density at radius 3 is 2.38 bits per heavy atom. The van der Waals surface area contributed by atoms with E-state index >= 15 is 0 Å². The number of hydrogen-bond donors (Lipinski definition) is 2. The van der Waals surface area contributed by atoms with Crippen LogP contribution in [0.25, 0.3) is 0 Å². The lowest BCUT2D eigenvalue weighted by atomic mass is 9.85. The first kappa shape index (κ1) is 27.4. The second-order valence-corrected chi connectivity index (χ2v) is 13.4. The van der Waals surface area contributed by atoms with Crippen LogP contribution in [-0.4, -0.2) is 55.5 Å². The Morgan fingerprint density at radius 2 is 1.78 bits per heavy atom. The largest absolute Gasteiger partial charge is 0.378 e. The minimum absolute atomic E-state index is 0.0558. The summed E-state index contributed by atoms with van der Waals surface area (Å²) in [5.41, 5.74) is 0. The van der Waals surface area contributed by atoms with Crippen molar-refractivity contribution in [1.29, 1.82) is 0 Å². The fourth-order valence-electron chi connectivity index (χ4n) is 6.87. The molecule has 37 heavy (non-hydrogen) atoms. The second-order valence-electron chi connectivity index (χ2n) is 11.7. The minimum Gasteiger partial charge on any atom is -0.378 e. The number of halogens is 3. The summed E-state index contributed by atoms with van der Waals surface area (Å²) in [6.07, 6.45) is 5.09. The van der Waals surface area contributed by atoms with Crippen molar-refractivity contribution in [3.8, 4) is 0 Å². The molecule has 206 valence electrons. The van der Waals surface area contributed by atoms with Gasteiger partial charge in [0.25, 0.3) is 0 Å². The summed E-state index contributed by atoms with van der Waals surface area (Å²) in [5.74, 6) is -0.294. The van der Waals surface area contributed by atoms with E-state index in [0.29, 0.717) is 36.9 Å². The highest BCUT2D eigenvalue weighted by molar-refractivity contribution is 7.16. The Balaban J connectivity index is 1.23. The fourth-order valence-corrected chi connectivity index (χ4v) is 8.03. The lowest BCUT2D eigenvalue weighted by molar-refractivity contribution is -0.0683. The average Bonchev–Trinajstić information content (AvgIpc) is 3.51. The van der Waals surface area contributed by atoms with E-state index in [-0.39, 0.29) is 24.8 Å². The van der Waals surface area contributed by atoms with Crippen LogP contribution in [0, 0.1) is 12.8 Å². The van der Waals surface area contributed by atoms with E-state index in [4.69, 9.17) is 11.6 Å².